The number of carbonyl (C=O) groups is 1. The zero-order valence-corrected chi connectivity index (χ0v) is 16.2. The summed E-state index contributed by atoms with van der Waals surface area (Å²) in [5.41, 5.74) is 0.382. The van der Waals surface area contributed by atoms with Gasteiger partial charge in [0.25, 0.3) is 11.5 Å². The zero-order valence-electron chi connectivity index (χ0n) is 14.6. The molecule has 7 nitrogen and oxygen atoms in total. The minimum Gasteiger partial charge on any atom is -0.392 e. The van der Waals surface area contributed by atoms with Gasteiger partial charge in [-0.3, -0.25) is 18.9 Å². The number of thioether (sulfide) groups is 1. The first-order valence-corrected chi connectivity index (χ1v) is 9.44. The number of nitrogens with zero attached hydrogens (tertiary/aromatic N) is 3. The van der Waals surface area contributed by atoms with E-state index in [4.69, 9.17) is 12.2 Å². The van der Waals surface area contributed by atoms with Crippen molar-refractivity contribution in [1.82, 2.24) is 14.3 Å². The average Bonchev–Trinajstić information content (AvgIpc) is 2.90. The normalized spacial score (nSPS) is 17.0. The topological polar surface area (TPSA) is 86.9 Å². The number of fused-ring (bicyclic) bond motifs is 1. The van der Waals surface area contributed by atoms with Gasteiger partial charge in [-0.25, -0.2) is 4.98 Å². The second kappa shape index (κ2) is 8.03. The molecule has 140 valence electrons. The fourth-order valence-electron chi connectivity index (χ4n) is 2.53. The van der Waals surface area contributed by atoms with Gasteiger partial charge in [-0.2, -0.15) is 0 Å². The zero-order chi connectivity index (χ0) is 19.6. The summed E-state index contributed by atoms with van der Waals surface area (Å²) in [5.74, 6) is 0.0324. The van der Waals surface area contributed by atoms with Crippen molar-refractivity contribution in [2.45, 2.75) is 13.0 Å². The van der Waals surface area contributed by atoms with Crippen molar-refractivity contribution in [3.63, 3.8) is 0 Å². The summed E-state index contributed by atoms with van der Waals surface area (Å²) in [7, 11) is 0. The van der Waals surface area contributed by atoms with Crippen molar-refractivity contribution < 1.29 is 9.90 Å². The van der Waals surface area contributed by atoms with Crippen molar-refractivity contribution >= 4 is 51.7 Å². The highest BCUT2D eigenvalue weighted by Gasteiger charge is 2.31. The predicted octanol–water partition coefficient (Wildman–Crippen LogP) is 1.87. The quantitative estimate of drug-likeness (QED) is 0.433. The highest BCUT2D eigenvalue weighted by atomic mass is 32.2. The second-order valence-electron chi connectivity index (χ2n) is 5.92. The molecule has 1 fully saturated rings. The van der Waals surface area contributed by atoms with Crippen molar-refractivity contribution in [3.05, 3.63) is 57.9 Å². The van der Waals surface area contributed by atoms with Crippen LogP contribution in [0.2, 0.25) is 0 Å². The molecule has 0 bridgehead atoms. The van der Waals surface area contributed by atoms with Crippen molar-refractivity contribution in [3.8, 4) is 0 Å². The van der Waals surface area contributed by atoms with Crippen LogP contribution in [-0.4, -0.2) is 48.8 Å². The number of hydrogen-bond acceptors (Lipinski definition) is 7. The maximum Gasteiger partial charge on any atom is 0.267 e. The summed E-state index contributed by atoms with van der Waals surface area (Å²) in [4.78, 5) is 31.8. The van der Waals surface area contributed by atoms with E-state index in [1.54, 1.807) is 37.4 Å². The van der Waals surface area contributed by atoms with E-state index in [9.17, 15) is 14.7 Å². The van der Waals surface area contributed by atoms with Crippen LogP contribution in [0, 0.1) is 0 Å². The Hall–Kier alpha value is -2.49. The van der Waals surface area contributed by atoms with Gasteiger partial charge in [-0.1, -0.05) is 36.1 Å². The highest BCUT2D eigenvalue weighted by molar-refractivity contribution is 8.26. The summed E-state index contributed by atoms with van der Waals surface area (Å²) in [6, 6.07) is 5.22. The van der Waals surface area contributed by atoms with E-state index >= 15 is 0 Å². The molecule has 27 heavy (non-hydrogen) atoms. The van der Waals surface area contributed by atoms with E-state index in [1.807, 2.05) is 0 Å². The van der Waals surface area contributed by atoms with Gasteiger partial charge in [0, 0.05) is 19.3 Å². The molecule has 0 aromatic carbocycles. The number of anilines is 1. The van der Waals surface area contributed by atoms with Crippen LogP contribution in [0.15, 0.2) is 46.8 Å². The van der Waals surface area contributed by atoms with Crippen LogP contribution in [0.4, 0.5) is 5.82 Å². The molecule has 9 heteroatoms. The molecule has 0 aliphatic carbocycles. The number of aliphatic hydroxyl groups is 1. The number of aromatic nitrogens is 2. The Kier molecular flexibility index (Phi) is 5.73. The fraction of sp³-hybridized carbons (Fsp3) is 0.222. The lowest BCUT2D eigenvalue weighted by Gasteiger charge is -2.12. The fourth-order valence-corrected chi connectivity index (χ4v) is 3.79. The molecule has 2 N–H and O–H groups in total. The molecule has 2 aromatic heterocycles. The molecule has 1 saturated heterocycles. The number of aliphatic hydroxyl groups excluding tert-OH is 1. The summed E-state index contributed by atoms with van der Waals surface area (Å²) in [6.07, 6.45) is 4.08. The van der Waals surface area contributed by atoms with Crippen molar-refractivity contribution in [2.75, 3.05) is 18.4 Å². The molecule has 0 radical (unpaired) electrons. The molecule has 1 aliphatic heterocycles. The van der Waals surface area contributed by atoms with Crippen LogP contribution in [0.1, 0.15) is 12.5 Å². The van der Waals surface area contributed by atoms with Gasteiger partial charge in [0.2, 0.25) is 0 Å². The Balaban J connectivity index is 2.12. The number of pyridine rings is 1. The number of carbonyl (C=O) groups excluding carboxylic acids is 1. The van der Waals surface area contributed by atoms with Gasteiger partial charge in [0.15, 0.2) is 0 Å². The first-order valence-electron chi connectivity index (χ1n) is 8.22. The molecule has 0 spiro atoms. The van der Waals surface area contributed by atoms with Gasteiger partial charge in [-0.05, 0) is 25.1 Å². The largest absolute Gasteiger partial charge is 0.392 e. The molecule has 3 heterocycles. The van der Waals surface area contributed by atoms with E-state index in [0.29, 0.717) is 27.2 Å². The summed E-state index contributed by atoms with van der Waals surface area (Å²) >= 11 is 6.37. The number of nitrogens with one attached hydrogen (secondary N) is 1. The van der Waals surface area contributed by atoms with Crippen LogP contribution in [-0.2, 0) is 4.79 Å². The van der Waals surface area contributed by atoms with Crippen LogP contribution in [0.5, 0.6) is 0 Å². The lowest BCUT2D eigenvalue weighted by atomic mass is 10.2. The third kappa shape index (κ3) is 3.95. The number of rotatable bonds is 6. The minimum absolute atomic E-state index is 0.216. The molecule has 1 amide bonds. The summed E-state index contributed by atoms with van der Waals surface area (Å²) in [6.45, 7) is 5.78. The van der Waals surface area contributed by atoms with E-state index in [0.717, 1.165) is 11.8 Å². The SMILES string of the molecule is C=CCN1C(=O)/C(=C/c2c(NCC(C)O)nc3ccccn3c2=O)SC1=S. The van der Waals surface area contributed by atoms with Crippen LogP contribution in [0.25, 0.3) is 11.7 Å². The van der Waals surface area contributed by atoms with E-state index in [-0.39, 0.29) is 23.6 Å². The van der Waals surface area contributed by atoms with E-state index in [1.165, 1.54) is 15.4 Å². The molecule has 0 saturated carbocycles. The monoisotopic (exact) mass is 402 g/mol. The number of amides is 1. The summed E-state index contributed by atoms with van der Waals surface area (Å²) in [5, 5.41) is 12.5. The standard InChI is InChI=1S/C18H18N4O3S2/c1-3-7-22-17(25)13(27-18(22)26)9-12-15(19-10-11(2)23)20-14-6-4-5-8-21(14)16(12)24/h3-6,8-9,11,19,23H,1,7,10H2,2H3/b13-9-. The highest BCUT2D eigenvalue weighted by Crippen LogP contribution is 2.32. The molecule has 3 rings (SSSR count). The molecular weight excluding hydrogens is 384 g/mol. The third-order valence-corrected chi connectivity index (χ3v) is 5.17. The Morgan fingerprint density at radius 3 is 2.93 bits per heavy atom. The smallest absolute Gasteiger partial charge is 0.267 e. The van der Waals surface area contributed by atoms with Crippen LogP contribution < -0.4 is 10.9 Å². The number of thiocarbonyl (C=S) groups is 1. The predicted molar refractivity (Wildman–Crippen MR) is 112 cm³/mol. The molecule has 1 aliphatic rings. The van der Waals surface area contributed by atoms with Crippen molar-refractivity contribution in [2.24, 2.45) is 0 Å². The lowest BCUT2D eigenvalue weighted by Crippen LogP contribution is -2.28. The van der Waals surface area contributed by atoms with Gasteiger partial charge in [0.05, 0.1) is 16.6 Å². The van der Waals surface area contributed by atoms with Gasteiger partial charge >= 0.3 is 0 Å². The van der Waals surface area contributed by atoms with Crippen molar-refractivity contribution in [1.29, 1.82) is 0 Å². The Morgan fingerprint density at radius 2 is 2.22 bits per heavy atom. The van der Waals surface area contributed by atoms with Gasteiger partial charge in [0.1, 0.15) is 15.8 Å². The van der Waals surface area contributed by atoms with E-state index in [2.05, 4.69) is 16.9 Å². The van der Waals surface area contributed by atoms with Gasteiger partial charge < -0.3 is 10.4 Å². The second-order valence-corrected chi connectivity index (χ2v) is 7.59. The Bertz CT molecular complexity index is 1010. The summed E-state index contributed by atoms with van der Waals surface area (Å²) < 4.78 is 1.82. The maximum absolute atomic E-state index is 13.0. The maximum atomic E-state index is 13.0. The molecular formula is C18H18N4O3S2. The number of hydrogen-bond donors (Lipinski definition) is 2. The average molecular weight is 403 g/mol. The Morgan fingerprint density at radius 1 is 1.44 bits per heavy atom. The van der Waals surface area contributed by atoms with Crippen LogP contribution in [0.3, 0.4) is 0 Å². The molecule has 1 unspecified atom stereocenters. The van der Waals surface area contributed by atoms with E-state index < -0.39 is 6.10 Å². The lowest BCUT2D eigenvalue weighted by molar-refractivity contribution is -0.121. The minimum atomic E-state index is -0.625. The molecule has 1 atom stereocenters. The molecule has 2 aromatic rings. The first-order chi connectivity index (χ1) is 12.9. The Labute approximate surface area is 165 Å². The van der Waals surface area contributed by atoms with Gasteiger partial charge in [-0.15, -0.1) is 6.58 Å². The van der Waals surface area contributed by atoms with Crippen LogP contribution >= 0.6 is 24.0 Å². The first kappa shape index (κ1) is 19.3. The third-order valence-electron chi connectivity index (χ3n) is 3.79.